The summed E-state index contributed by atoms with van der Waals surface area (Å²) in [5.74, 6) is 1.37. The molecule has 0 spiro atoms. The molecular formula is C23H24N4O3. The van der Waals surface area contributed by atoms with Gasteiger partial charge in [-0.25, -0.2) is 4.98 Å². The molecule has 1 aliphatic rings. The third kappa shape index (κ3) is 3.78. The number of para-hydroxylation sites is 2. The van der Waals surface area contributed by atoms with Gasteiger partial charge >= 0.3 is 0 Å². The summed E-state index contributed by atoms with van der Waals surface area (Å²) in [5.41, 5.74) is 2.14. The minimum absolute atomic E-state index is 0.244. The number of anilines is 1. The second-order valence-corrected chi connectivity index (χ2v) is 7.45. The van der Waals surface area contributed by atoms with E-state index in [0.717, 1.165) is 22.6 Å². The van der Waals surface area contributed by atoms with Gasteiger partial charge in [0.05, 0.1) is 19.4 Å². The second-order valence-electron chi connectivity index (χ2n) is 7.45. The number of hydrogen-bond donors (Lipinski definition) is 1. The smallest absolute Gasteiger partial charge is 0.271 e. The first-order valence-corrected chi connectivity index (χ1v) is 9.76. The summed E-state index contributed by atoms with van der Waals surface area (Å²) in [5, 5.41) is 7.21. The van der Waals surface area contributed by atoms with Crippen molar-refractivity contribution in [2.24, 2.45) is 5.16 Å². The fourth-order valence-electron chi connectivity index (χ4n) is 3.48. The number of carbonyl (C=O) groups excluding carboxylic acids is 1. The van der Waals surface area contributed by atoms with E-state index in [4.69, 9.17) is 9.57 Å². The molecule has 154 valence electrons. The molecular weight excluding hydrogens is 380 g/mol. The number of oxime groups is 1. The van der Waals surface area contributed by atoms with E-state index in [1.165, 1.54) is 0 Å². The van der Waals surface area contributed by atoms with Crippen LogP contribution in [-0.4, -0.2) is 33.9 Å². The van der Waals surface area contributed by atoms with Gasteiger partial charge in [0.1, 0.15) is 11.6 Å². The van der Waals surface area contributed by atoms with Crippen LogP contribution in [0.25, 0.3) is 0 Å². The van der Waals surface area contributed by atoms with Gasteiger partial charge in [-0.2, -0.15) is 0 Å². The Morgan fingerprint density at radius 2 is 2.00 bits per heavy atom. The summed E-state index contributed by atoms with van der Waals surface area (Å²) in [7, 11) is 1.61. The average molecular weight is 404 g/mol. The van der Waals surface area contributed by atoms with Crippen molar-refractivity contribution in [2.75, 3.05) is 12.4 Å². The molecule has 1 N–H and O–H groups in total. The average Bonchev–Trinajstić information content (AvgIpc) is 3.36. The fourth-order valence-corrected chi connectivity index (χ4v) is 3.48. The molecule has 2 aromatic carbocycles. The fraction of sp³-hybridized carbons (Fsp3) is 0.261. The van der Waals surface area contributed by atoms with Crippen LogP contribution in [0.1, 0.15) is 30.3 Å². The van der Waals surface area contributed by atoms with Gasteiger partial charge in [0.2, 0.25) is 5.60 Å². The molecule has 3 aromatic rings. The van der Waals surface area contributed by atoms with Crippen LogP contribution in [0.5, 0.6) is 5.75 Å². The van der Waals surface area contributed by atoms with E-state index in [0.29, 0.717) is 24.4 Å². The molecule has 0 radical (unpaired) electrons. The minimum Gasteiger partial charge on any atom is -0.496 e. The maximum Gasteiger partial charge on any atom is 0.271 e. The molecule has 7 heteroatoms. The molecule has 2 heterocycles. The molecule has 0 saturated heterocycles. The monoisotopic (exact) mass is 404 g/mol. The van der Waals surface area contributed by atoms with Gasteiger partial charge in [0.25, 0.3) is 5.91 Å². The number of nitrogens with one attached hydrogen (secondary N) is 1. The Bertz CT molecular complexity index is 1110. The number of aryl methyl sites for hydroxylation is 1. The van der Waals surface area contributed by atoms with Gasteiger partial charge in [-0.1, -0.05) is 35.5 Å². The third-order valence-corrected chi connectivity index (χ3v) is 5.29. The Balaban J connectivity index is 1.51. The summed E-state index contributed by atoms with van der Waals surface area (Å²) in [4.78, 5) is 23.0. The van der Waals surface area contributed by atoms with Crippen molar-refractivity contribution in [2.45, 2.75) is 32.4 Å². The summed E-state index contributed by atoms with van der Waals surface area (Å²) >= 11 is 0. The quantitative estimate of drug-likeness (QED) is 0.678. The minimum atomic E-state index is -1.10. The van der Waals surface area contributed by atoms with Crippen molar-refractivity contribution in [1.82, 2.24) is 9.55 Å². The Labute approximate surface area is 175 Å². The first-order chi connectivity index (χ1) is 14.5. The molecule has 0 unspecified atom stereocenters. The zero-order valence-corrected chi connectivity index (χ0v) is 17.3. The summed E-state index contributed by atoms with van der Waals surface area (Å²) in [6.45, 7) is 4.31. The number of nitrogens with zero attached hydrogens (tertiary/aromatic N) is 3. The van der Waals surface area contributed by atoms with E-state index in [2.05, 4.69) is 15.5 Å². The number of hydrogen-bond acceptors (Lipinski definition) is 5. The van der Waals surface area contributed by atoms with Crippen molar-refractivity contribution in [1.29, 1.82) is 0 Å². The lowest BCUT2D eigenvalue weighted by Crippen LogP contribution is -2.40. The lowest BCUT2D eigenvalue weighted by molar-refractivity contribution is -0.135. The van der Waals surface area contributed by atoms with Crippen molar-refractivity contribution in [3.8, 4) is 5.75 Å². The third-order valence-electron chi connectivity index (χ3n) is 5.29. The predicted molar refractivity (Wildman–Crippen MR) is 115 cm³/mol. The SMILES string of the molecule is COc1ccccc1C1=NO[C@](C)(C(=O)Nc2ccccc2Cn2ccnc2C)C1. The number of aromatic nitrogens is 2. The van der Waals surface area contributed by atoms with Crippen LogP contribution in [0.15, 0.2) is 66.1 Å². The van der Waals surface area contributed by atoms with Crippen molar-refractivity contribution < 1.29 is 14.4 Å². The number of ether oxygens (including phenoxy) is 1. The Kier molecular flexibility index (Phi) is 5.27. The maximum absolute atomic E-state index is 13.1. The van der Waals surface area contributed by atoms with Crippen LogP contribution in [0.3, 0.4) is 0 Å². The lowest BCUT2D eigenvalue weighted by atomic mass is 9.94. The van der Waals surface area contributed by atoms with Crippen molar-refractivity contribution in [3.05, 3.63) is 77.9 Å². The van der Waals surface area contributed by atoms with Crippen LogP contribution in [0.4, 0.5) is 5.69 Å². The lowest BCUT2D eigenvalue weighted by Gasteiger charge is -2.22. The van der Waals surface area contributed by atoms with Gasteiger partial charge in [-0.05, 0) is 37.6 Å². The Morgan fingerprint density at radius 3 is 2.77 bits per heavy atom. The van der Waals surface area contributed by atoms with Gasteiger partial charge in [-0.3, -0.25) is 4.79 Å². The number of amides is 1. The number of rotatable bonds is 6. The zero-order valence-electron chi connectivity index (χ0n) is 17.3. The summed E-state index contributed by atoms with van der Waals surface area (Å²) in [6, 6.07) is 15.3. The molecule has 1 atom stereocenters. The van der Waals surface area contributed by atoms with E-state index >= 15 is 0 Å². The molecule has 1 aliphatic heterocycles. The largest absolute Gasteiger partial charge is 0.496 e. The highest BCUT2D eigenvalue weighted by Gasteiger charge is 2.43. The highest BCUT2D eigenvalue weighted by atomic mass is 16.7. The standard InChI is InChI=1S/C23H24N4O3/c1-16-24-12-13-27(16)15-17-8-4-6-10-19(17)25-22(28)23(2)14-20(26-30-23)18-9-5-7-11-21(18)29-3/h4-13H,14-15H2,1-3H3,(H,25,28)/t23-/m0/s1. The van der Waals surface area contributed by atoms with E-state index in [1.54, 1.807) is 20.2 Å². The number of methoxy groups -OCH3 is 1. The first-order valence-electron chi connectivity index (χ1n) is 9.76. The van der Waals surface area contributed by atoms with Crippen LogP contribution in [0, 0.1) is 6.92 Å². The molecule has 0 saturated carbocycles. The van der Waals surface area contributed by atoms with Crippen molar-refractivity contribution in [3.63, 3.8) is 0 Å². The van der Waals surface area contributed by atoms with E-state index in [1.807, 2.05) is 66.2 Å². The molecule has 1 aromatic heterocycles. The first kappa shape index (κ1) is 19.7. The van der Waals surface area contributed by atoms with Crippen LogP contribution in [0.2, 0.25) is 0 Å². The number of carbonyl (C=O) groups is 1. The van der Waals surface area contributed by atoms with E-state index < -0.39 is 5.60 Å². The van der Waals surface area contributed by atoms with Crippen LogP contribution in [-0.2, 0) is 16.2 Å². The number of benzene rings is 2. The zero-order chi connectivity index (χ0) is 21.1. The van der Waals surface area contributed by atoms with Gasteiger partial charge in [-0.15, -0.1) is 0 Å². The van der Waals surface area contributed by atoms with Gasteiger partial charge < -0.3 is 19.5 Å². The maximum atomic E-state index is 13.1. The molecule has 30 heavy (non-hydrogen) atoms. The summed E-state index contributed by atoms with van der Waals surface area (Å²) < 4.78 is 7.44. The Hall–Kier alpha value is -3.61. The summed E-state index contributed by atoms with van der Waals surface area (Å²) in [6.07, 6.45) is 4.03. The molecule has 0 aliphatic carbocycles. The topological polar surface area (TPSA) is 77.7 Å². The van der Waals surface area contributed by atoms with E-state index in [-0.39, 0.29) is 5.91 Å². The predicted octanol–water partition coefficient (Wildman–Crippen LogP) is 3.77. The molecule has 0 bridgehead atoms. The van der Waals surface area contributed by atoms with Crippen molar-refractivity contribution >= 4 is 17.3 Å². The Morgan fingerprint density at radius 1 is 1.23 bits per heavy atom. The highest BCUT2D eigenvalue weighted by Crippen LogP contribution is 2.31. The molecule has 0 fully saturated rings. The normalized spacial score (nSPS) is 17.9. The van der Waals surface area contributed by atoms with Gasteiger partial charge in [0.15, 0.2) is 0 Å². The van der Waals surface area contributed by atoms with Crippen LogP contribution < -0.4 is 10.1 Å². The van der Waals surface area contributed by atoms with E-state index in [9.17, 15) is 4.79 Å². The number of imidazole rings is 1. The molecule has 4 rings (SSSR count). The van der Waals surface area contributed by atoms with Crippen LogP contribution >= 0.6 is 0 Å². The molecule has 1 amide bonds. The molecule has 7 nitrogen and oxygen atoms in total. The highest BCUT2D eigenvalue weighted by molar-refractivity contribution is 6.09. The van der Waals surface area contributed by atoms with Gasteiger partial charge in [0, 0.05) is 30.1 Å². The second kappa shape index (κ2) is 8.02.